The molecule has 0 unspecified atom stereocenters. The molecule has 22 heavy (non-hydrogen) atoms. The molecular formula is C17H20FN3O. The fourth-order valence-electron chi connectivity index (χ4n) is 2.04. The van der Waals surface area contributed by atoms with Crippen molar-refractivity contribution in [1.29, 1.82) is 0 Å². The molecule has 0 saturated heterocycles. The molecule has 1 heterocycles. The van der Waals surface area contributed by atoms with Crippen molar-refractivity contribution in [3.05, 3.63) is 59.5 Å². The minimum atomic E-state index is -0.204. The van der Waals surface area contributed by atoms with E-state index >= 15 is 0 Å². The number of nitrogens with one attached hydrogen (secondary N) is 2. The molecule has 0 aliphatic carbocycles. The lowest BCUT2D eigenvalue weighted by Gasteiger charge is -2.08. The predicted molar refractivity (Wildman–Crippen MR) is 85.5 cm³/mol. The summed E-state index contributed by atoms with van der Waals surface area (Å²) < 4.78 is 13.5. The van der Waals surface area contributed by atoms with Crippen LogP contribution in [0.2, 0.25) is 0 Å². The molecule has 0 radical (unpaired) electrons. The topological polar surface area (TPSA) is 54.0 Å². The van der Waals surface area contributed by atoms with Crippen molar-refractivity contribution in [2.45, 2.75) is 19.8 Å². The highest BCUT2D eigenvalue weighted by molar-refractivity contribution is 5.94. The lowest BCUT2D eigenvalue weighted by molar-refractivity contribution is 0.0953. The first-order valence-corrected chi connectivity index (χ1v) is 7.42. The van der Waals surface area contributed by atoms with E-state index in [9.17, 15) is 9.18 Å². The van der Waals surface area contributed by atoms with Gasteiger partial charge in [0.15, 0.2) is 0 Å². The maximum atomic E-state index is 13.5. The molecule has 1 aromatic carbocycles. The van der Waals surface area contributed by atoms with Crippen molar-refractivity contribution in [2.75, 3.05) is 18.4 Å². The summed E-state index contributed by atoms with van der Waals surface area (Å²) >= 11 is 0. The molecule has 0 atom stereocenters. The summed E-state index contributed by atoms with van der Waals surface area (Å²) in [4.78, 5) is 16.1. The molecule has 0 fully saturated rings. The Morgan fingerprint density at radius 2 is 2.05 bits per heavy atom. The Morgan fingerprint density at radius 3 is 2.82 bits per heavy atom. The van der Waals surface area contributed by atoms with Crippen molar-refractivity contribution in [2.24, 2.45) is 0 Å². The van der Waals surface area contributed by atoms with Gasteiger partial charge < -0.3 is 10.6 Å². The molecule has 0 aliphatic heterocycles. The number of nitrogens with zero attached hydrogens (tertiary/aromatic N) is 1. The van der Waals surface area contributed by atoms with Crippen molar-refractivity contribution in [1.82, 2.24) is 10.3 Å². The molecule has 2 aromatic rings. The van der Waals surface area contributed by atoms with E-state index in [4.69, 9.17) is 0 Å². The molecule has 5 heteroatoms. The number of carbonyl (C=O) groups is 1. The van der Waals surface area contributed by atoms with Crippen LogP contribution in [0.5, 0.6) is 0 Å². The summed E-state index contributed by atoms with van der Waals surface area (Å²) in [6, 6.07) is 10.1. The Balaban J connectivity index is 1.90. The first-order valence-electron chi connectivity index (χ1n) is 7.42. The molecular weight excluding hydrogens is 281 g/mol. The molecule has 1 amide bonds. The van der Waals surface area contributed by atoms with E-state index in [0.717, 1.165) is 6.42 Å². The van der Waals surface area contributed by atoms with Crippen LogP contribution in [-0.4, -0.2) is 24.0 Å². The van der Waals surface area contributed by atoms with E-state index < -0.39 is 0 Å². The van der Waals surface area contributed by atoms with Gasteiger partial charge in [-0.1, -0.05) is 25.1 Å². The molecule has 2 N–H and O–H groups in total. The molecule has 0 aliphatic rings. The molecule has 1 aromatic heterocycles. The monoisotopic (exact) mass is 301 g/mol. The van der Waals surface area contributed by atoms with Crippen LogP contribution in [-0.2, 0) is 6.42 Å². The highest BCUT2D eigenvalue weighted by atomic mass is 19.1. The molecule has 4 nitrogen and oxygen atoms in total. The van der Waals surface area contributed by atoms with Crippen molar-refractivity contribution >= 4 is 11.7 Å². The molecule has 116 valence electrons. The first kappa shape index (κ1) is 15.9. The summed E-state index contributed by atoms with van der Waals surface area (Å²) in [5, 5.41) is 5.94. The van der Waals surface area contributed by atoms with Gasteiger partial charge in [0.2, 0.25) is 0 Å². The third-order valence-corrected chi connectivity index (χ3v) is 3.22. The fraction of sp³-hybridized carbons (Fsp3) is 0.294. The van der Waals surface area contributed by atoms with Crippen molar-refractivity contribution < 1.29 is 9.18 Å². The number of rotatable bonds is 7. The van der Waals surface area contributed by atoms with Gasteiger partial charge in [-0.3, -0.25) is 4.79 Å². The first-order chi connectivity index (χ1) is 10.7. The van der Waals surface area contributed by atoms with Gasteiger partial charge in [0.05, 0.1) is 0 Å². The van der Waals surface area contributed by atoms with Crippen LogP contribution in [0.25, 0.3) is 0 Å². The second kappa shape index (κ2) is 8.12. The maximum Gasteiger partial charge on any atom is 0.251 e. The average Bonchev–Trinajstić information content (AvgIpc) is 2.54. The Bertz CT molecular complexity index is 631. The Morgan fingerprint density at radius 1 is 1.23 bits per heavy atom. The molecule has 0 spiro atoms. The standard InChI is InChI=1S/C17H20FN3O/c1-2-9-21-17(22)14-8-11-20-16(12-14)19-10-7-13-5-3-4-6-15(13)18/h3-6,8,11-12H,2,7,9-10H2,1H3,(H,19,20)(H,21,22). The summed E-state index contributed by atoms with van der Waals surface area (Å²) in [5.74, 6) is 0.298. The summed E-state index contributed by atoms with van der Waals surface area (Å²) in [6.07, 6.45) is 3.04. The van der Waals surface area contributed by atoms with Crippen molar-refractivity contribution in [3.8, 4) is 0 Å². The number of carbonyl (C=O) groups excluding carboxylic acids is 1. The van der Waals surface area contributed by atoms with Gasteiger partial charge in [-0.2, -0.15) is 0 Å². The smallest absolute Gasteiger partial charge is 0.251 e. The van der Waals surface area contributed by atoms with Gasteiger partial charge in [0.1, 0.15) is 11.6 Å². The van der Waals surface area contributed by atoms with Gasteiger partial charge in [0.25, 0.3) is 5.91 Å². The third kappa shape index (κ3) is 4.55. The highest BCUT2D eigenvalue weighted by Crippen LogP contribution is 2.09. The van der Waals surface area contributed by atoms with E-state index in [-0.39, 0.29) is 11.7 Å². The zero-order valence-electron chi connectivity index (χ0n) is 12.6. The number of hydrogen-bond acceptors (Lipinski definition) is 3. The quantitative estimate of drug-likeness (QED) is 0.826. The highest BCUT2D eigenvalue weighted by Gasteiger charge is 2.06. The van der Waals surface area contributed by atoms with Gasteiger partial charge >= 0.3 is 0 Å². The number of aromatic nitrogens is 1. The number of anilines is 1. The zero-order valence-corrected chi connectivity index (χ0v) is 12.6. The van der Waals surface area contributed by atoms with Crippen LogP contribution in [0.4, 0.5) is 10.2 Å². The predicted octanol–water partition coefficient (Wildman–Crippen LogP) is 3.02. The number of pyridine rings is 1. The van der Waals surface area contributed by atoms with E-state index in [1.807, 2.05) is 13.0 Å². The molecule has 0 bridgehead atoms. The third-order valence-electron chi connectivity index (χ3n) is 3.22. The zero-order chi connectivity index (χ0) is 15.8. The largest absolute Gasteiger partial charge is 0.370 e. The number of benzene rings is 1. The van der Waals surface area contributed by atoms with E-state index in [0.29, 0.717) is 36.5 Å². The second-order valence-electron chi connectivity index (χ2n) is 4.95. The number of hydrogen-bond donors (Lipinski definition) is 2. The van der Waals surface area contributed by atoms with Gasteiger partial charge in [-0.25, -0.2) is 9.37 Å². The summed E-state index contributed by atoms with van der Waals surface area (Å²) in [5.41, 5.74) is 1.23. The van der Waals surface area contributed by atoms with E-state index in [1.165, 1.54) is 6.07 Å². The Hall–Kier alpha value is -2.43. The number of halogens is 1. The SMILES string of the molecule is CCCNC(=O)c1ccnc(NCCc2ccccc2F)c1. The average molecular weight is 301 g/mol. The van der Waals surface area contributed by atoms with Gasteiger partial charge in [-0.05, 0) is 36.6 Å². The fourth-order valence-corrected chi connectivity index (χ4v) is 2.04. The minimum absolute atomic E-state index is 0.110. The van der Waals surface area contributed by atoms with Gasteiger partial charge in [-0.15, -0.1) is 0 Å². The van der Waals surface area contributed by atoms with Crippen LogP contribution in [0, 0.1) is 5.82 Å². The summed E-state index contributed by atoms with van der Waals surface area (Å²) in [6.45, 7) is 3.20. The van der Waals surface area contributed by atoms with Crippen LogP contribution in [0.15, 0.2) is 42.6 Å². The second-order valence-corrected chi connectivity index (χ2v) is 4.95. The van der Waals surface area contributed by atoms with Crippen LogP contribution in [0.1, 0.15) is 29.3 Å². The van der Waals surface area contributed by atoms with Gasteiger partial charge in [0, 0.05) is 24.8 Å². The van der Waals surface area contributed by atoms with Crippen molar-refractivity contribution in [3.63, 3.8) is 0 Å². The minimum Gasteiger partial charge on any atom is -0.370 e. The molecule has 2 rings (SSSR count). The summed E-state index contributed by atoms with van der Waals surface area (Å²) in [7, 11) is 0. The number of amides is 1. The van der Waals surface area contributed by atoms with Crippen LogP contribution < -0.4 is 10.6 Å². The van der Waals surface area contributed by atoms with E-state index in [2.05, 4.69) is 15.6 Å². The Labute approximate surface area is 129 Å². The van der Waals surface area contributed by atoms with Crippen LogP contribution in [0.3, 0.4) is 0 Å². The lowest BCUT2D eigenvalue weighted by Crippen LogP contribution is -2.24. The molecule has 0 saturated carbocycles. The normalized spacial score (nSPS) is 10.3. The Kier molecular flexibility index (Phi) is 5.89. The maximum absolute atomic E-state index is 13.5. The lowest BCUT2D eigenvalue weighted by atomic mass is 10.1. The van der Waals surface area contributed by atoms with E-state index in [1.54, 1.807) is 30.5 Å². The van der Waals surface area contributed by atoms with Crippen LogP contribution >= 0.6 is 0 Å².